The van der Waals surface area contributed by atoms with Crippen LogP contribution in [-0.2, 0) is 20.5 Å². The maximum atomic E-state index is 13.4. The van der Waals surface area contributed by atoms with Crippen LogP contribution in [0.15, 0.2) is 29.3 Å². The van der Waals surface area contributed by atoms with E-state index in [2.05, 4.69) is 4.90 Å². The van der Waals surface area contributed by atoms with Crippen LogP contribution in [0.25, 0.3) is 0 Å². The van der Waals surface area contributed by atoms with E-state index in [1.165, 1.54) is 19.1 Å². The number of hydrogen-bond donors (Lipinski definition) is 0. The highest BCUT2D eigenvalue weighted by atomic mass is 19.4. The summed E-state index contributed by atoms with van der Waals surface area (Å²) in [5.74, 6) is -1.32. The van der Waals surface area contributed by atoms with Gasteiger partial charge in [-0.15, -0.1) is 0 Å². The number of carbonyl (C=O) groups excluding carboxylic acids is 3. The molecule has 11 heteroatoms. The van der Waals surface area contributed by atoms with Crippen LogP contribution in [0.3, 0.4) is 0 Å². The van der Waals surface area contributed by atoms with Crippen LogP contribution in [0.2, 0.25) is 0 Å². The van der Waals surface area contributed by atoms with Crippen LogP contribution in [-0.4, -0.2) is 66.0 Å². The van der Waals surface area contributed by atoms with Crippen molar-refractivity contribution < 1.29 is 32.3 Å². The molecule has 1 saturated heterocycles. The zero-order valence-electron chi connectivity index (χ0n) is 20.7. The lowest BCUT2D eigenvalue weighted by molar-refractivity contribution is -0.138. The Hall–Kier alpha value is -3.39. The summed E-state index contributed by atoms with van der Waals surface area (Å²) in [4.78, 5) is 42.5. The average Bonchev–Trinajstić information content (AvgIpc) is 3.00. The number of ether oxygens (including phenoxy) is 1. The van der Waals surface area contributed by atoms with Crippen molar-refractivity contribution >= 4 is 23.6 Å². The van der Waals surface area contributed by atoms with Gasteiger partial charge in [-0.3, -0.25) is 14.5 Å². The number of nitrogens with zero attached hydrogens (tertiary/aromatic N) is 4. The molecule has 0 spiro atoms. The smallest absolute Gasteiger partial charge is 0.417 e. The van der Waals surface area contributed by atoms with E-state index in [4.69, 9.17) is 10.00 Å². The van der Waals surface area contributed by atoms with Crippen LogP contribution >= 0.6 is 0 Å². The Balaban J connectivity index is 1.59. The van der Waals surface area contributed by atoms with Crippen molar-refractivity contribution in [2.45, 2.75) is 52.3 Å². The Bertz CT molecular complexity index is 1120. The van der Waals surface area contributed by atoms with Crippen LogP contribution in [0.5, 0.6) is 0 Å². The molecule has 194 valence electrons. The third-order valence-corrected chi connectivity index (χ3v) is 6.05. The Labute approximate surface area is 207 Å². The molecule has 2 heterocycles. The maximum absolute atomic E-state index is 13.4. The lowest BCUT2D eigenvalue weighted by atomic mass is 10.1. The lowest BCUT2D eigenvalue weighted by Gasteiger charge is -2.35. The van der Waals surface area contributed by atoms with Gasteiger partial charge >= 0.3 is 12.3 Å². The second kappa shape index (κ2) is 10.3. The zero-order chi connectivity index (χ0) is 26.8. The number of amides is 3. The number of benzene rings is 1. The molecule has 0 atom stereocenters. The van der Waals surface area contributed by atoms with E-state index in [9.17, 15) is 27.6 Å². The number of anilines is 1. The van der Waals surface area contributed by atoms with E-state index >= 15 is 0 Å². The van der Waals surface area contributed by atoms with Gasteiger partial charge in [0.15, 0.2) is 0 Å². The number of rotatable bonds is 5. The monoisotopic (exact) mass is 506 g/mol. The summed E-state index contributed by atoms with van der Waals surface area (Å²) in [6, 6.07) is 4.28. The fourth-order valence-corrected chi connectivity index (χ4v) is 4.18. The van der Waals surface area contributed by atoms with E-state index in [0.29, 0.717) is 51.6 Å². The van der Waals surface area contributed by atoms with Crippen LogP contribution in [0, 0.1) is 11.3 Å². The van der Waals surface area contributed by atoms with Crippen molar-refractivity contribution in [2.24, 2.45) is 0 Å². The standard InChI is InChI=1S/C25H29F3N4O4/c1-16-19(6-5-9-30-10-12-31(13-11-30)23(35)36-24(2,3)4)22(34)32(21(16)33)18-8-7-17(15-29)20(14-18)25(26,27)28/h7-8,14H,5-6,9-13H2,1-4H3. The highest BCUT2D eigenvalue weighted by Crippen LogP contribution is 2.36. The number of carbonyl (C=O) groups is 3. The number of nitriles is 1. The molecule has 2 aliphatic rings. The summed E-state index contributed by atoms with van der Waals surface area (Å²) in [5, 5.41) is 8.98. The number of hydrogen-bond acceptors (Lipinski definition) is 6. The first kappa shape index (κ1) is 27.2. The minimum atomic E-state index is -4.80. The predicted octanol–water partition coefficient (Wildman–Crippen LogP) is 4.10. The molecule has 0 saturated carbocycles. The van der Waals surface area contributed by atoms with Crippen LogP contribution in [0.1, 0.15) is 51.7 Å². The van der Waals surface area contributed by atoms with Crippen LogP contribution in [0.4, 0.5) is 23.7 Å². The first-order valence-electron chi connectivity index (χ1n) is 11.6. The molecule has 3 amide bonds. The van der Waals surface area contributed by atoms with Gasteiger partial charge in [0.05, 0.1) is 22.9 Å². The molecule has 0 N–H and O–H groups in total. The highest BCUT2D eigenvalue weighted by molar-refractivity contribution is 6.32. The Morgan fingerprint density at radius 2 is 1.72 bits per heavy atom. The minimum absolute atomic E-state index is 0.202. The molecular weight excluding hydrogens is 477 g/mol. The summed E-state index contributed by atoms with van der Waals surface area (Å²) >= 11 is 0. The molecule has 1 fully saturated rings. The van der Waals surface area contributed by atoms with E-state index in [-0.39, 0.29) is 22.9 Å². The minimum Gasteiger partial charge on any atom is -0.444 e. The van der Waals surface area contributed by atoms with Gasteiger partial charge in [0, 0.05) is 37.3 Å². The summed E-state index contributed by atoms with van der Waals surface area (Å²) in [6.45, 7) is 9.87. The van der Waals surface area contributed by atoms with Gasteiger partial charge in [-0.25, -0.2) is 9.69 Å². The van der Waals surface area contributed by atoms with Crippen molar-refractivity contribution in [3.63, 3.8) is 0 Å². The second-order valence-corrected chi connectivity index (χ2v) is 9.80. The number of alkyl halides is 3. The van der Waals surface area contributed by atoms with Crippen molar-refractivity contribution in [3.8, 4) is 6.07 Å². The molecule has 8 nitrogen and oxygen atoms in total. The number of piperazine rings is 1. The average molecular weight is 507 g/mol. The van der Waals surface area contributed by atoms with E-state index < -0.39 is 34.7 Å². The van der Waals surface area contributed by atoms with Crippen molar-refractivity contribution in [3.05, 3.63) is 40.5 Å². The van der Waals surface area contributed by atoms with Gasteiger partial charge in [-0.2, -0.15) is 18.4 Å². The van der Waals surface area contributed by atoms with E-state index in [0.717, 1.165) is 11.0 Å². The largest absolute Gasteiger partial charge is 0.444 e. The van der Waals surface area contributed by atoms with Crippen molar-refractivity contribution in [2.75, 3.05) is 37.6 Å². The third-order valence-electron chi connectivity index (χ3n) is 6.05. The number of halogens is 3. The first-order valence-corrected chi connectivity index (χ1v) is 11.6. The second-order valence-electron chi connectivity index (χ2n) is 9.80. The molecule has 0 unspecified atom stereocenters. The fourth-order valence-electron chi connectivity index (χ4n) is 4.18. The lowest BCUT2D eigenvalue weighted by Crippen LogP contribution is -2.50. The summed E-state index contributed by atoms with van der Waals surface area (Å²) in [5.41, 5.74) is -2.09. The molecule has 36 heavy (non-hydrogen) atoms. The van der Waals surface area contributed by atoms with Crippen molar-refractivity contribution in [1.29, 1.82) is 5.26 Å². The fraction of sp³-hybridized carbons (Fsp3) is 0.520. The summed E-state index contributed by atoms with van der Waals surface area (Å²) in [7, 11) is 0. The zero-order valence-corrected chi connectivity index (χ0v) is 20.7. The Kier molecular flexibility index (Phi) is 7.79. The van der Waals surface area contributed by atoms with Crippen molar-refractivity contribution in [1.82, 2.24) is 9.80 Å². The van der Waals surface area contributed by atoms with Crippen LogP contribution < -0.4 is 4.90 Å². The Morgan fingerprint density at radius 3 is 2.28 bits per heavy atom. The van der Waals surface area contributed by atoms with Gasteiger partial charge in [0.1, 0.15) is 5.60 Å². The summed E-state index contributed by atoms with van der Waals surface area (Å²) in [6.07, 6.45) is -4.30. The molecule has 1 aromatic carbocycles. The molecule has 1 aromatic rings. The normalized spacial score (nSPS) is 17.6. The molecule has 0 aromatic heterocycles. The van der Waals surface area contributed by atoms with Gasteiger partial charge in [-0.05, 0) is 65.3 Å². The van der Waals surface area contributed by atoms with Gasteiger partial charge in [0.25, 0.3) is 11.8 Å². The summed E-state index contributed by atoms with van der Waals surface area (Å²) < 4.78 is 45.4. The van der Waals surface area contributed by atoms with E-state index in [1.54, 1.807) is 4.90 Å². The SMILES string of the molecule is CC1=C(CCCN2CCN(C(=O)OC(C)(C)C)CC2)C(=O)N(c2ccc(C#N)c(C(F)(F)F)c2)C1=O. The molecule has 0 aliphatic carbocycles. The first-order chi connectivity index (χ1) is 16.7. The molecule has 0 radical (unpaired) electrons. The molecular formula is C25H29F3N4O4. The van der Waals surface area contributed by atoms with E-state index in [1.807, 2.05) is 20.8 Å². The highest BCUT2D eigenvalue weighted by Gasteiger charge is 2.39. The maximum Gasteiger partial charge on any atom is 0.417 e. The van der Waals surface area contributed by atoms with Gasteiger partial charge in [0.2, 0.25) is 0 Å². The van der Waals surface area contributed by atoms with Gasteiger partial charge in [-0.1, -0.05) is 0 Å². The molecule has 0 bridgehead atoms. The topological polar surface area (TPSA) is 93.9 Å². The Morgan fingerprint density at radius 1 is 1.08 bits per heavy atom. The van der Waals surface area contributed by atoms with Gasteiger partial charge < -0.3 is 9.64 Å². The quantitative estimate of drug-likeness (QED) is 0.559. The number of imide groups is 1. The predicted molar refractivity (Wildman–Crippen MR) is 125 cm³/mol. The molecule has 2 aliphatic heterocycles. The molecule has 3 rings (SSSR count). The third kappa shape index (κ3) is 6.05.